The van der Waals surface area contributed by atoms with Crippen LogP contribution in [-0.2, 0) is 19.8 Å². The number of imide groups is 2. The SMILES string of the molecule is CCCCN1C(=O)C(=C/C=C/C=C2/N(CCCNC(=O)CCl)c3ccc(SO)cc3C2(C)C)C(=O)N(CCCC)C1=O. The number of fused-ring (bicyclic) bond motifs is 1. The van der Waals surface area contributed by atoms with Gasteiger partial charge in [-0.05, 0) is 55.2 Å². The summed E-state index contributed by atoms with van der Waals surface area (Å²) in [5.74, 6) is -1.43. The Balaban J connectivity index is 1.91. The third-order valence-corrected chi connectivity index (χ3v) is 8.19. The van der Waals surface area contributed by atoms with Crippen molar-refractivity contribution in [3.8, 4) is 0 Å². The van der Waals surface area contributed by atoms with Crippen LogP contribution in [0.15, 0.2) is 58.7 Å². The van der Waals surface area contributed by atoms with Crippen molar-refractivity contribution in [1.29, 1.82) is 0 Å². The van der Waals surface area contributed by atoms with E-state index < -0.39 is 23.3 Å². The Morgan fingerprint density at radius 3 is 2.12 bits per heavy atom. The monoisotopic (exact) mass is 616 g/mol. The van der Waals surface area contributed by atoms with E-state index in [4.69, 9.17) is 11.6 Å². The Kier molecular flexibility index (Phi) is 12.3. The highest BCUT2D eigenvalue weighted by molar-refractivity contribution is 7.93. The van der Waals surface area contributed by atoms with Crippen LogP contribution in [0.25, 0.3) is 0 Å². The number of alkyl halides is 1. The highest BCUT2D eigenvalue weighted by Gasteiger charge is 2.41. The van der Waals surface area contributed by atoms with Gasteiger partial charge >= 0.3 is 6.03 Å². The topological polar surface area (TPSA) is 110 Å². The first-order chi connectivity index (χ1) is 20.1. The predicted molar refractivity (Wildman–Crippen MR) is 168 cm³/mol. The highest BCUT2D eigenvalue weighted by Crippen LogP contribution is 2.48. The van der Waals surface area contributed by atoms with E-state index in [0.717, 1.165) is 34.7 Å². The summed E-state index contributed by atoms with van der Waals surface area (Å²) in [4.78, 5) is 56.1. The number of nitrogens with zero attached hydrogens (tertiary/aromatic N) is 3. The lowest BCUT2D eigenvalue weighted by atomic mass is 9.83. The van der Waals surface area contributed by atoms with Crippen LogP contribution in [0.5, 0.6) is 0 Å². The number of urea groups is 1. The number of halogens is 1. The maximum Gasteiger partial charge on any atom is 0.333 e. The van der Waals surface area contributed by atoms with Gasteiger partial charge in [0, 0.05) is 59.9 Å². The summed E-state index contributed by atoms with van der Waals surface area (Å²) in [5.41, 5.74) is 2.62. The van der Waals surface area contributed by atoms with Crippen molar-refractivity contribution < 1.29 is 23.7 Å². The molecule has 0 spiro atoms. The van der Waals surface area contributed by atoms with Crippen molar-refractivity contribution in [1.82, 2.24) is 15.1 Å². The van der Waals surface area contributed by atoms with Crippen molar-refractivity contribution in [2.24, 2.45) is 0 Å². The van der Waals surface area contributed by atoms with Crippen LogP contribution in [0.2, 0.25) is 0 Å². The summed E-state index contributed by atoms with van der Waals surface area (Å²) in [6, 6.07) is 5.27. The fourth-order valence-electron chi connectivity index (χ4n) is 5.13. The average Bonchev–Trinajstić information content (AvgIpc) is 3.19. The van der Waals surface area contributed by atoms with E-state index in [1.165, 1.54) is 15.9 Å². The molecule has 0 unspecified atom stereocenters. The maximum atomic E-state index is 13.2. The molecule has 0 aromatic heterocycles. The van der Waals surface area contributed by atoms with Crippen LogP contribution < -0.4 is 10.2 Å². The number of nitrogens with one attached hydrogen (secondary N) is 1. The maximum absolute atomic E-state index is 13.2. The molecule has 2 aliphatic rings. The Morgan fingerprint density at radius 2 is 1.55 bits per heavy atom. The minimum Gasteiger partial charge on any atom is -0.355 e. The summed E-state index contributed by atoms with van der Waals surface area (Å²) >= 11 is 6.29. The Morgan fingerprint density at radius 1 is 0.952 bits per heavy atom. The van der Waals surface area contributed by atoms with Crippen LogP contribution in [0.1, 0.15) is 65.4 Å². The largest absolute Gasteiger partial charge is 0.355 e. The molecule has 5 amide bonds. The third-order valence-electron chi connectivity index (χ3n) is 7.48. The molecule has 9 nitrogen and oxygen atoms in total. The van der Waals surface area contributed by atoms with Crippen molar-refractivity contribution in [3.63, 3.8) is 0 Å². The van der Waals surface area contributed by atoms with E-state index >= 15 is 0 Å². The van der Waals surface area contributed by atoms with Crippen molar-refractivity contribution in [3.05, 3.63) is 59.3 Å². The molecule has 42 heavy (non-hydrogen) atoms. The minimum atomic E-state index is -0.563. The first kappa shape index (κ1) is 33.4. The molecule has 0 aliphatic carbocycles. The zero-order valence-electron chi connectivity index (χ0n) is 24.8. The number of amides is 5. The molecule has 0 saturated carbocycles. The van der Waals surface area contributed by atoms with E-state index in [1.54, 1.807) is 12.2 Å². The molecule has 2 aliphatic heterocycles. The molecule has 1 saturated heterocycles. The van der Waals surface area contributed by atoms with Gasteiger partial charge in [0.25, 0.3) is 11.8 Å². The van der Waals surface area contributed by atoms with Gasteiger partial charge in [0.15, 0.2) is 0 Å². The molecule has 0 radical (unpaired) electrons. The lowest BCUT2D eigenvalue weighted by molar-refractivity contribution is -0.136. The summed E-state index contributed by atoms with van der Waals surface area (Å²) in [7, 11) is 0. The zero-order valence-corrected chi connectivity index (χ0v) is 26.4. The number of anilines is 1. The smallest absolute Gasteiger partial charge is 0.333 e. The number of carbonyl (C=O) groups excluding carboxylic acids is 4. The van der Waals surface area contributed by atoms with Crippen molar-refractivity contribution >= 4 is 53.1 Å². The van der Waals surface area contributed by atoms with Crippen molar-refractivity contribution in [2.45, 2.75) is 70.1 Å². The standard InChI is InChI=1S/C31H41ClN4O5S/c1-5-7-17-35-28(38)23(29(39)36(30(35)40)18-8-6-2)12-9-10-13-26-31(3,4)24-20-22(42-41)14-15-25(24)34(26)19-11-16-33-27(37)21-32/h9-10,12-15,20,41H,5-8,11,16-19,21H2,1-4H3,(H,33,37)/b10-9+,26-13+. The Hall–Kier alpha value is -3.08. The molecule has 3 rings (SSSR count). The van der Waals surface area contributed by atoms with Gasteiger partial charge in [-0.15, -0.1) is 11.6 Å². The van der Waals surface area contributed by atoms with Gasteiger partial charge in [-0.2, -0.15) is 0 Å². The number of allylic oxidation sites excluding steroid dienone is 5. The normalized spacial score (nSPS) is 17.6. The number of hydrogen-bond donors (Lipinski definition) is 2. The van der Waals surface area contributed by atoms with E-state index in [0.29, 0.717) is 44.4 Å². The van der Waals surface area contributed by atoms with Crippen molar-refractivity contribution in [2.75, 3.05) is 37.0 Å². The first-order valence-corrected chi connectivity index (χ1v) is 15.8. The van der Waals surface area contributed by atoms with E-state index in [-0.39, 0.29) is 30.4 Å². The zero-order chi connectivity index (χ0) is 30.9. The predicted octanol–water partition coefficient (Wildman–Crippen LogP) is 5.85. The molecular weight excluding hydrogens is 576 g/mol. The van der Waals surface area contributed by atoms with Crippen LogP contribution in [-0.4, -0.2) is 70.2 Å². The van der Waals surface area contributed by atoms with E-state index in [1.807, 2.05) is 38.1 Å². The van der Waals surface area contributed by atoms with Gasteiger partial charge in [-0.3, -0.25) is 24.2 Å². The summed E-state index contributed by atoms with van der Waals surface area (Å²) in [5, 5.41) is 2.80. The summed E-state index contributed by atoms with van der Waals surface area (Å²) in [6.45, 7) is 9.82. The summed E-state index contributed by atoms with van der Waals surface area (Å²) < 4.78 is 9.65. The molecular formula is C31H41ClN4O5S. The Labute approximate surface area is 257 Å². The lowest BCUT2D eigenvalue weighted by Gasteiger charge is -2.33. The van der Waals surface area contributed by atoms with Gasteiger partial charge < -0.3 is 14.8 Å². The Bertz CT molecular complexity index is 1240. The van der Waals surface area contributed by atoms with Gasteiger partial charge in [0.1, 0.15) is 11.5 Å². The number of rotatable bonds is 14. The van der Waals surface area contributed by atoms with Gasteiger partial charge in [-0.25, -0.2) is 4.79 Å². The van der Waals surface area contributed by atoms with Crippen LogP contribution in [0.3, 0.4) is 0 Å². The highest BCUT2D eigenvalue weighted by atomic mass is 35.5. The molecule has 0 atom stereocenters. The number of carbonyl (C=O) groups is 4. The third kappa shape index (κ3) is 7.46. The molecule has 1 aromatic rings. The number of benzene rings is 1. The molecule has 1 fully saturated rings. The molecule has 228 valence electrons. The molecule has 11 heteroatoms. The number of barbiturate groups is 1. The molecule has 0 bridgehead atoms. The fraction of sp³-hybridized carbons (Fsp3) is 0.484. The van der Waals surface area contributed by atoms with Gasteiger partial charge in [0.2, 0.25) is 5.91 Å². The second-order valence-corrected chi connectivity index (χ2v) is 11.7. The number of hydrogen-bond acceptors (Lipinski definition) is 7. The van der Waals surface area contributed by atoms with Crippen LogP contribution in [0.4, 0.5) is 10.5 Å². The fourth-order valence-corrected chi connectivity index (χ4v) is 5.53. The number of unbranched alkanes of at least 4 members (excludes halogenated alkanes) is 2. The van der Waals surface area contributed by atoms with Crippen LogP contribution >= 0.6 is 23.6 Å². The van der Waals surface area contributed by atoms with E-state index in [9.17, 15) is 23.7 Å². The molecule has 2 N–H and O–H groups in total. The first-order valence-electron chi connectivity index (χ1n) is 14.4. The average molecular weight is 617 g/mol. The molecule has 2 heterocycles. The minimum absolute atomic E-state index is 0.0260. The van der Waals surface area contributed by atoms with Gasteiger partial charge in [0.05, 0.1) is 0 Å². The summed E-state index contributed by atoms with van der Waals surface area (Å²) in [6.07, 6.45) is 10.6. The molecule has 1 aromatic carbocycles. The second-order valence-electron chi connectivity index (χ2n) is 10.8. The van der Waals surface area contributed by atoms with Gasteiger partial charge in [-0.1, -0.05) is 52.7 Å². The quantitative estimate of drug-likeness (QED) is 0.0887. The van der Waals surface area contributed by atoms with E-state index in [2.05, 4.69) is 24.1 Å². The lowest BCUT2D eigenvalue weighted by Crippen LogP contribution is -2.56. The second kappa shape index (κ2) is 15.4. The van der Waals surface area contributed by atoms with Crippen LogP contribution in [0, 0.1) is 0 Å².